The Hall–Kier alpha value is -1.00. The summed E-state index contributed by atoms with van der Waals surface area (Å²) >= 11 is 0. The zero-order chi connectivity index (χ0) is 11.4. The lowest BCUT2D eigenvalue weighted by atomic mass is 10.1. The highest BCUT2D eigenvalue weighted by atomic mass is 15.2. The molecule has 1 N–H and O–H groups in total. The Bertz CT molecular complexity index is 345. The smallest absolute Gasteiger partial charge is 0.125 e. The summed E-state index contributed by atoms with van der Waals surface area (Å²) in [5, 5.41) is 3.37. The Morgan fingerprint density at radius 1 is 1.38 bits per heavy atom. The third-order valence-corrected chi connectivity index (χ3v) is 3.01. The molecule has 1 aromatic heterocycles. The lowest BCUT2D eigenvalue weighted by Gasteiger charge is -2.27. The number of hydrogen-bond acceptors (Lipinski definition) is 4. The van der Waals surface area contributed by atoms with Gasteiger partial charge in [0.05, 0.1) is 0 Å². The van der Waals surface area contributed by atoms with Gasteiger partial charge in [0, 0.05) is 50.2 Å². The molecule has 2 rings (SSSR count). The van der Waals surface area contributed by atoms with Crippen LogP contribution in [0.2, 0.25) is 0 Å². The van der Waals surface area contributed by atoms with Gasteiger partial charge in [-0.15, -0.1) is 0 Å². The molecule has 0 radical (unpaired) electrons. The number of nitrogens with one attached hydrogen (secondary N) is 1. The van der Waals surface area contributed by atoms with Crippen LogP contribution in [0.3, 0.4) is 0 Å². The minimum atomic E-state index is 0.876. The van der Waals surface area contributed by atoms with Gasteiger partial charge in [-0.3, -0.25) is 4.90 Å². The number of rotatable bonds is 3. The van der Waals surface area contributed by atoms with Gasteiger partial charge in [-0.1, -0.05) is 6.92 Å². The molecule has 1 fully saturated rings. The second-order valence-electron chi connectivity index (χ2n) is 4.27. The lowest BCUT2D eigenvalue weighted by Crippen LogP contribution is -2.43. The molecular weight excluding hydrogens is 200 g/mol. The van der Waals surface area contributed by atoms with Crippen LogP contribution >= 0.6 is 0 Å². The third-order valence-electron chi connectivity index (χ3n) is 3.01. The van der Waals surface area contributed by atoms with E-state index in [4.69, 9.17) is 0 Å². The molecular formula is C12H20N4. The van der Waals surface area contributed by atoms with Crippen molar-refractivity contribution in [2.24, 2.45) is 0 Å². The third kappa shape index (κ3) is 2.77. The Morgan fingerprint density at radius 2 is 2.12 bits per heavy atom. The maximum atomic E-state index is 4.50. The predicted octanol–water partition coefficient (Wildman–Crippen LogP) is 0.753. The average Bonchev–Trinajstić information content (AvgIpc) is 2.33. The van der Waals surface area contributed by atoms with Crippen LogP contribution in [0.15, 0.2) is 6.20 Å². The molecule has 0 unspecified atom stereocenters. The van der Waals surface area contributed by atoms with Crippen LogP contribution in [0.25, 0.3) is 0 Å². The zero-order valence-electron chi connectivity index (χ0n) is 10.2. The van der Waals surface area contributed by atoms with Gasteiger partial charge in [0.2, 0.25) is 0 Å². The standard InChI is InChI=1S/C12H20N4/c1-3-12-11(8-14-10(2)15-12)9-16-6-4-13-5-7-16/h8,13H,3-7,9H2,1-2H3. The maximum Gasteiger partial charge on any atom is 0.125 e. The molecule has 0 saturated carbocycles. The van der Waals surface area contributed by atoms with Crippen molar-refractivity contribution in [3.8, 4) is 0 Å². The molecule has 0 spiro atoms. The number of nitrogens with zero attached hydrogens (tertiary/aromatic N) is 3. The van der Waals surface area contributed by atoms with Gasteiger partial charge in [0.1, 0.15) is 5.82 Å². The summed E-state index contributed by atoms with van der Waals surface area (Å²) in [5.41, 5.74) is 2.49. The van der Waals surface area contributed by atoms with Crippen LogP contribution in [0.4, 0.5) is 0 Å². The Balaban J connectivity index is 2.07. The van der Waals surface area contributed by atoms with Crippen LogP contribution in [0, 0.1) is 6.92 Å². The number of piperazine rings is 1. The first-order chi connectivity index (χ1) is 7.79. The summed E-state index contributed by atoms with van der Waals surface area (Å²) in [7, 11) is 0. The highest BCUT2D eigenvalue weighted by Gasteiger charge is 2.12. The van der Waals surface area contributed by atoms with Crippen LogP contribution in [0.1, 0.15) is 24.0 Å². The van der Waals surface area contributed by atoms with Crippen molar-refractivity contribution in [2.75, 3.05) is 26.2 Å². The fourth-order valence-electron chi connectivity index (χ4n) is 2.09. The van der Waals surface area contributed by atoms with Crippen LogP contribution < -0.4 is 5.32 Å². The van der Waals surface area contributed by atoms with E-state index in [-0.39, 0.29) is 0 Å². The quantitative estimate of drug-likeness (QED) is 0.816. The largest absolute Gasteiger partial charge is 0.314 e. The maximum absolute atomic E-state index is 4.50. The van der Waals surface area contributed by atoms with Gasteiger partial charge >= 0.3 is 0 Å². The van der Waals surface area contributed by atoms with E-state index in [2.05, 4.69) is 27.1 Å². The van der Waals surface area contributed by atoms with E-state index < -0.39 is 0 Å². The number of aryl methyl sites for hydroxylation is 2. The van der Waals surface area contributed by atoms with E-state index in [1.165, 1.54) is 11.3 Å². The zero-order valence-corrected chi connectivity index (χ0v) is 10.2. The fourth-order valence-corrected chi connectivity index (χ4v) is 2.09. The van der Waals surface area contributed by atoms with E-state index in [1.807, 2.05) is 13.1 Å². The van der Waals surface area contributed by atoms with Crippen molar-refractivity contribution in [2.45, 2.75) is 26.8 Å². The highest BCUT2D eigenvalue weighted by Crippen LogP contribution is 2.10. The summed E-state index contributed by atoms with van der Waals surface area (Å²) in [6.07, 6.45) is 2.98. The van der Waals surface area contributed by atoms with Crippen molar-refractivity contribution in [3.05, 3.63) is 23.3 Å². The second kappa shape index (κ2) is 5.37. The SMILES string of the molecule is CCc1nc(C)ncc1CN1CCNCC1. The molecule has 0 aromatic carbocycles. The Morgan fingerprint density at radius 3 is 2.81 bits per heavy atom. The van der Waals surface area contributed by atoms with Crippen molar-refractivity contribution in [1.29, 1.82) is 0 Å². The van der Waals surface area contributed by atoms with Gasteiger partial charge in [-0.2, -0.15) is 0 Å². The minimum absolute atomic E-state index is 0.876. The summed E-state index contributed by atoms with van der Waals surface area (Å²) < 4.78 is 0. The van der Waals surface area contributed by atoms with Crippen LogP contribution in [-0.4, -0.2) is 41.0 Å². The molecule has 4 heteroatoms. The molecule has 4 nitrogen and oxygen atoms in total. The highest BCUT2D eigenvalue weighted by molar-refractivity contribution is 5.17. The second-order valence-corrected chi connectivity index (χ2v) is 4.27. The molecule has 0 amide bonds. The van der Waals surface area contributed by atoms with Crippen molar-refractivity contribution in [1.82, 2.24) is 20.2 Å². The van der Waals surface area contributed by atoms with E-state index in [0.717, 1.165) is 45.0 Å². The molecule has 1 aromatic rings. The van der Waals surface area contributed by atoms with E-state index >= 15 is 0 Å². The fraction of sp³-hybridized carbons (Fsp3) is 0.667. The number of hydrogen-bond donors (Lipinski definition) is 1. The first kappa shape index (κ1) is 11.5. The monoisotopic (exact) mass is 220 g/mol. The van der Waals surface area contributed by atoms with E-state index in [9.17, 15) is 0 Å². The molecule has 1 aliphatic rings. The van der Waals surface area contributed by atoms with E-state index in [0.29, 0.717) is 0 Å². The lowest BCUT2D eigenvalue weighted by molar-refractivity contribution is 0.232. The molecule has 1 saturated heterocycles. The minimum Gasteiger partial charge on any atom is -0.314 e. The van der Waals surface area contributed by atoms with Gasteiger partial charge in [-0.05, 0) is 13.3 Å². The van der Waals surface area contributed by atoms with Gasteiger partial charge in [0.25, 0.3) is 0 Å². The summed E-state index contributed by atoms with van der Waals surface area (Å²) in [6, 6.07) is 0. The summed E-state index contributed by atoms with van der Waals surface area (Å²) in [4.78, 5) is 11.3. The number of aromatic nitrogens is 2. The van der Waals surface area contributed by atoms with Gasteiger partial charge in [-0.25, -0.2) is 9.97 Å². The van der Waals surface area contributed by atoms with Crippen LogP contribution in [0.5, 0.6) is 0 Å². The first-order valence-corrected chi connectivity index (χ1v) is 6.04. The Labute approximate surface area is 97.1 Å². The summed E-state index contributed by atoms with van der Waals surface area (Å²) in [6.45, 7) is 9.53. The van der Waals surface area contributed by atoms with Gasteiger partial charge < -0.3 is 5.32 Å². The molecule has 88 valence electrons. The molecule has 2 heterocycles. The normalized spacial score (nSPS) is 17.6. The Kier molecular flexibility index (Phi) is 3.85. The van der Waals surface area contributed by atoms with Crippen molar-refractivity contribution >= 4 is 0 Å². The molecule has 1 aliphatic heterocycles. The van der Waals surface area contributed by atoms with Crippen molar-refractivity contribution < 1.29 is 0 Å². The summed E-state index contributed by atoms with van der Waals surface area (Å²) in [5.74, 6) is 0.876. The predicted molar refractivity (Wildman–Crippen MR) is 64.3 cm³/mol. The van der Waals surface area contributed by atoms with Crippen molar-refractivity contribution in [3.63, 3.8) is 0 Å². The van der Waals surface area contributed by atoms with Gasteiger partial charge in [0.15, 0.2) is 0 Å². The topological polar surface area (TPSA) is 41.1 Å². The molecule has 0 aliphatic carbocycles. The van der Waals surface area contributed by atoms with Crippen LogP contribution in [-0.2, 0) is 13.0 Å². The molecule has 0 bridgehead atoms. The first-order valence-electron chi connectivity index (χ1n) is 6.04. The average molecular weight is 220 g/mol. The van der Waals surface area contributed by atoms with E-state index in [1.54, 1.807) is 0 Å². The molecule has 0 atom stereocenters. The molecule has 16 heavy (non-hydrogen) atoms.